The second-order valence-electron chi connectivity index (χ2n) is 4.01. The van der Waals surface area contributed by atoms with Gasteiger partial charge in [-0.3, -0.25) is 0 Å². The minimum Gasteiger partial charge on any atom is -0.489 e. The van der Waals surface area contributed by atoms with Crippen molar-refractivity contribution < 1.29 is 19.2 Å². The van der Waals surface area contributed by atoms with Crippen LogP contribution >= 0.6 is 11.6 Å². The first-order chi connectivity index (χ1) is 9.04. The lowest BCUT2D eigenvalue weighted by atomic mass is 9.80. The molecule has 2 aromatic carbocycles. The lowest BCUT2D eigenvalue weighted by molar-refractivity contribution is 0.304. The van der Waals surface area contributed by atoms with E-state index in [0.717, 1.165) is 11.6 Å². The Morgan fingerprint density at radius 1 is 1.16 bits per heavy atom. The number of hydrogen-bond donors (Lipinski definition) is 2. The molecular weight excluding hydrogens is 269 g/mol. The molecule has 0 fully saturated rings. The van der Waals surface area contributed by atoms with Gasteiger partial charge in [0.05, 0.1) is 0 Å². The van der Waals surface area contributed by atoms with E-state index in [1.54, 1.807) is 18.2 Å². The minimum atomic E-state index is -1.73. The highest BCUT2D eigenvalue weighted by molar-refractivity contribution is 6.58. The van der Waals surface area contributed by atoms with Crippen molar-refractivity contribution in [1.82, 2.24) is 0 Å². The van der Waals surface area contributed by atoms with Gasteiger partial charge in [-0.05, 0) is 35.3 Å². The largest absolute Gasteiger partial charge is 0.489 e. The summed E-state index contributed by atoms with van der Waals surface area (Å²) >= 11 is 5.84. The molecule has 0 atom stereocenters. The first kappa shape index (κ1) is 13.9. The summed E-state index contributed by atoms with van der Waals surface area (Å²) in [4.78, 5) is 0. The number of halogens is 2. The molecule has 98 valence electrons. The van der Waals surface area contributed by atoms with Crippen molar-refractivity contribution in [2.75, 3.05) is 0 Å². The third kappa shape index (κ3) is 3.96. The number of benzene rings is 2. The van der Waals surface area contributed by atoms with Crippen molar-refractivity contribution in [3.05, 3.63) is 58.9 Å². The Kier molecular flexibility index (Phi) is 4.42. The third-order valence-corrected chi connectivity index (χ3v) is 2.72. The van der Waals surface area contributed by atoms with E-state index in [0.29, 0.717) is 5.02 Å². The van der Waals surface area contributed by atoms with Crippen LogP contribution in [0.15, 0.2) is 42.5 Å². The van der Waals surface area contributed by atoms with Gasteiger partial charge in [0.25, 0.3) is 0 Å². The van der Waals surface area contributed by atoms with Gasteiger partial charge in [0.1, 0.15) is 18.2 Å². The first-order valence-corrected chi connectivity index (χ1v) is 5.96. The van der Waals surface area contributed by atoms with Crippen molar-refractivity contribution in [3.63, 3.8) is 0 Å². The third-order valence-electron chi connectivity index (χ3n) is 2.49. The Labute approximate surface area is 115 Å². The maximum absolute atomic E-state index is 13.3. The number of hydrogen-bond acceptors (Lipinski definition) is 3. The van der Waals surface area contributed by atoms with Crippen LogP contribution in [-0.4, -0.2) is 17.2 Å². The van der Waals surface area contributed by atoms with E-state index >= 15 is 0 Å². The SMILES string of the molecule is OB(O)c1cc(F)cc(OCc2cccc(Cl)c2)c1. The molecule has 0 aliphatic heterocycles. The Morgan fingerprint density at radius 3 is 2.63 bits per heavy atom. The van der Waals surface area contributed by atoms with Crippen LogP contribution in [-0.2, 0) is 6.61 Å². The molecule has 2 aromatic rings. The molecule has 2 N–H and O–H groups in total. The number of ether oxygens (including phenoxy) is 1. The van der Waals surface area contributed by atoms with Gasteiger partial charge in [0.2, 0.25) is 0 Å². The molecular formula is C13H11BClFO3. The Balaban J connectivity index is 2.11. The lowest BCUT2D eigenvalue weighted by Gasteiger charge is -2.08. The van der Waals surface area contributed by atoms with Crippen LogP contribution in [0.25, 0.3) is 0 Å². The van der Waals surface area contributed by atoms with Gasteiger partial charge in [-0.1, -0.05) is 23.7 Å². The lowest BCUT2D eigenvalue weighted by Crippen LogP contribution is -2.30. The molecule has 0 spiro atoms. The van der Waals surface area contributed by atoms with Crippen LogP contribution in [0, 0.1) is 5.82 Å². The van der Waals surface area contributed by atoms with Gasteiger partial charge in [-0.25, -0.2) is 4.39 Å². The van der Waals surface area contributed by atoms with E-state index in [1.165, 1.54) is 12.1 Å². The highest BCUT2D eigenvalue weighted by Gasteiger charge is 2.13. The normalized spacial score (nSPS) is 10.3. The van der Waals surface area contributed by atoms with Crippen LogP contribution in [0.5, 0.6) is 5.75 Å². The highest BCUT2D eigenvalue weighted by atomic mass is 35.5. The fourth-order valence-electron chi connectivity index (χ4n) is 1.61. The van der Waals surface area contributed by atoms with Crippen molar-refractivity contribution in [3.8, 4) is 5.75 Å². The molecule has 0 saturated carbocycles. The molecule has 0 radical (unpaired) electrons. The van der Waals surface area contributed by atoms with Gasteiger partial charge in [0, 0.05) is 11.1 Å². The highest BCUT2D eigenvalue weighted by Crippen LogP contribution is 2.15. The maximum atomic E-state index is 13.3. The van der Waals surface area contributed by atoms with Gasteiger partial charge < -0.3 is 14.8 Å². The van der Waals surface area contributed by atoms with Crippen molar-refractivity contribution in [2.45, 2.75) is 6.61 Å². The predicted molar refractivity (Wildman–Crippen MR) is 72.0 cm³/mol. The summed E-state index contributed by atoms with van der Waals surface area (Å²) in [5.74, 6) is -0.366. The molecule has 2 rings (SSSR count). The molecule has 6 heteroatoms. The zero-order valence-electron chi connectivity index (χ0n) is 9.88. The standard InChI is InChI=1S/C13H11BClFO3/c15-11-3-1-2-9(4-11)8-19-13-6-10(14(17)18)5-12(16)7-13/h1-7,17-18H,8H2. The van der Waals surface area contributed by atoms with Crippen LogP contribution in [0.1, 0.15) is 5.56 Å². The fraction of sp³-hybridized carbons (Fsp3) is 0.0769. The summed E-state index contributed by atoms with van der Waals surface area (Å²) in [7, 11) is -1.73. The van der Waals surface area contributed by atoms with Gasteiger partial charge in [-0.15, -0.1) is 0 Å². The molecule has 0 aromatic heterocycles. The summed E-state index contributed by atoms with van der Waals surface area (Å²) in [5.41, 5.74) is 0.879. The van der Waals surface area contributed by atoms with Gasteiger partial charge in [-0.2, -0.15) is 0 Å². The molecule has 0 amide bonds. The quantitative estimate of drug-likeness (QED) is 0.839. The van der Waals surface area contributed by atoms with E-state index in [1.807, 2.05) is 6.07 Å². The molecule has 0 saturated heterocycles. The van der Waals surface area contributed by atoms with E-state index in [9.17, 15) is 4.39 Å². The second kappa shape index (κ2) is 6.06. The summed E-state index contributed by atoms with van der Waals surface area (Å²) in [6.45, 7) is 0.213. The Morgan fingerprint density at radius 2 is 1.95 bits per heavy atom. The summed E-state index contributed by atoms with van der Waals surface area (Å²) in [6.07, 6.45) is 0. The summed E-state index contributed by atoms with van der Waals surface area (Å²) in [6, 6.07) is 10.7. The maximum Gasteiger partial charge on any atom is 0.488 e. The molecule has 19 heavy (non-hydrogen) atoms. The molecule has 3 nitrogen and oxygen atoms in total. The zero-order valence-corrected chi connectivity index (χ0v) is 10.6. The van der Waals surface area contributed by atoms with Crippen LogP contribution in [0.2, 0.25) is 5.02 Å². The molecule has 0 unspecified atom stereocenters. The smallest absolute Gasteiger partial charge is 0.488 e. The zero-order chi connectivity index (χ0) is 13.8. The number of rotatable bonds is 4. The molecule has 0 bridgehead atoms. The average molecular weight is 280 g/mol. The van der Waals surface area contributed by atoms with E-state index in [4.69, 9.17) is 26.4 Å². The Hall–Kier alpha value is -1.56. The Bertz CT molecular complexity index is 578. The van der Waals surface area contributed by atoms with Crippen molar-refractivity contribution >= 4 is 24.2 Å². The van der Waals surface area contributed by atoms with Gasteiger partial charge in [0.15, 0.2) is 0 Å². The summed E-state index contributed by atoms with van der Waals surface area (Å²) in [5, 5.41) is 18.6. The van der Waals surface area contributed by atoms with E-state index < -0.39 is 12.9 Å². The topological polar surface area (TPSA) is 49.7 Å². The summed E-state index contributed by atoms with van der Waals surface area (Å²) < 4.78 is 18.7. The van der Waals surface area contributed by atoms with Crippen LogP contribution in [0.4, 0.5) is 4.39 Å². The monoisotopic (exact) mass is 280 g/mol. The van der Waals surface area contributed by atoms with Crippen LogP contribution in [0.3, 0.4) is 0 Å². The molecule has 0 aliphatic carbocycles. The first-order valence-electron chi connectivity index (χ1n) is 5.58. The van der Waals surface area contributed by atoms with E-state index in [2.05, 4.69) is 0 Å². The fourth-order valence-corrected chi connectivity index (χ4v) is 1.82. The van der Waals surface area contributed by atoms with Crippen LogP contribution < -0.4 is 10.2 Å². The molecule has 0 aliphatic rings. The minimum absolute atomic E-state index is 0.0427. The average Bonchev–Trinajstić information content (AvgIpc) is 2.36. The second-order valence-corrected chi connectivity index (χ2v) is 4.45. The van der Waals surface area contributed by atoms with Crippen molar-refractivity contribution in [2.24, 2.45) is 0 Å². The van der Waals surface area contributed by atoms with Crippen molar-refractivity contribution in [1.29, 1.82) is 0 Å². The predicted octanol–water partition coefficient (Wildman–Crippen LogP) is 1.74. The molecule has 0 heterocycles. The van der Waals surface area contributed by atoms with E-state index in [-0.39, 0.29) is 17.8 Å². The van der Waals surface area contributed by atoms with Gasteiger partial charge >= 0.3 is 7.12 Å².